The molecular weight excluding hydrogens is 330 g/mol. The lowest BCUT2D eigenvalue weighted by Crippen LogP contribution is -2.25. The SMILES string of the molecule is Brc1cccn2nc(N3CCNCc4ccccc43)nc12. The van der Waals surface area contributed by atoms with Crippen molar-refractivity contribution in [3.63, 3.8) is 0 Å². The standard InChI is InChI=1S/C15H14BrN5/c16-12-5-3-8-21-14(12)18-15(19-21)20-9-7-17-10-11-4-1-2-6-13(11)20/h1-6,8,17H,7,9-10H2. The molecule has 0 bridgehead atoms. The second kappa shape index (κ2) is 5.13. The Bertz CT molecular complexity index is 798. The first kappa shape index (κ1) is 12.8. The third kappa shape index (κ3) is 2.20. The van der Waals surface area contributed by atoms with Crippen molar-refractivity contribution in [1.29, 1.82) is 0 Å². The highest BCUT2D eigenvalue weighted by atomic mass is 79.9. The van der Waals surface area contributed by atoms with E-state index in [2.05, 4.69) is 60.5 Å². The molecule has 5 nitrogen and oxygen atoms in total. The summed E-state index contributed by atoms with van der Waals surface area (Å²) in [4.78, 5) is 6.85. The molecule has 1 aromatic carbocycles. The molecule has 3 aromatic rings. The molecule has 0 aliphatic carbocycles. The number of para-hydroxylation sites is 1. The van der Waals surface area contributed by atoms with E-state index in [-0.39, 0.29) is 0 Å². The Morgan fingerprint density at radius 1 is 1.14 bits per heavy atom. The van der Waals surface area contributed by atoms with Crippen molar-refractivity contribution in [3.8, 4) is 0 Å². The molecule has 0 amide bonds. The Balaban J connectivity index is 1.86. The van der Waals surface area contributed by atoms with Crippen LogP contribution in [0, 0.1) is 0 Å². The van der Waals surface area contributed by atoms with Crippen molar-refractivity contribution in [2.24, 2.45) is 0 Å². The zero-order valence-corrected chi connectivity index (χ0v) is 12.9. The minimum Gasteiger partial charge on any atom is -0.311 e. The molecule has 1 aliphatic heterocycles. The summed E-state index contributed by atoms with van der Waals surface area (Å²) < 4.78 is 2.75. The van der Waals surface area contributed by atoms with Gasteiger partial charge in [0.2, 0.25) is 5.95 Å². The first-order valence-electron chi connectivity index (χ1n) is 6.90. The number of nitrogens with zero attached hydrogens (tertiary/aromatic N) is 4. The lowest BCUT2D eigenvalue weighted by Gasteiger charge is -2.20. The van der Waals surface area contributed by atoms with Gasteiger partial charge in [-0.2, -0.15) is 4.98 Å². The minimum atomic E-state index is 0.734. The smallest absolute Gasteiger partial charge is 0.250 e. The Hall–Kier alpha value is -1.92. The maximum absolute atomic E-state index is 4.68. The zero-order valence-electron chi connectivity index (χ0n) is 11.3. The normalized spacial score (nSPS) is 15.0. The van der Waals surface area contributed by atoms with Crippen LogP contribution in [0.2, 0.25) is 0 Å². The molecule has 4 rings (SSSR count). The maximum Gasteiger partial charge on any atom is 0.250 e. The van der Waals surface area contributed by atoms with Crippen molar-refractivity contribution in [2.75, 3.05) is 18.0 Å². The molecule has 106 valence electrons. The van der Waals surface area contributed by atoms with Gasteiger partial charge < -0.3 is 10.2 Å². The van der Waals surface area contributed by atoms with Crippen LogP contribution in [0.15, 0.2) is 47.1 Å². The number of pyridine rings is 1. The fourth-order valence-electron chi connectivity index (χ4n) is 2.64. The van der Waals surface area contributed by atoms with Crippen molar-refractivity contribution in [2.45, 2.75) is 6.54 Å². The summed E-state index contributed by atoms with van der Waals surface area (Å²) in [6, 6.07) is 12.3. The van der Waals surface area contributed by atoms with Crippen LogP contribution in [0.25, 0.3) is 5.65 Å². The number of hydrogen-bond donors (Lipinski definition) is 1. The number of fused-ring (bicyclic) bond motifs is 2. The predicted molar refractivity (Wildman–Crippen MR) is 85.8 cm³/mol. The van der Waals surface area contributed by atoms with E-state index in [9.17, 15) is 0 Å². The van der Waals surface area contributed by atoms with Crippen LogP contribution < -0.4 is 10.2 Å². The second-order valence-corrected chi connectivity index (χ2v) is 5.85. The fourth-order valence-corrected chi connectivity index (χ4v) is 3.07. The zero-order chi connectivity index (χ0) is 14.2. The van der Waals surface area contributed by atoms with Gasteiger partial charge in [-0.25, -0.2) is 4.52 Å². The minimum absolute atomic E-state index is 0.734. The number of anilines is 2. The average molecular weight is 344 g/mol. The second-order valence-electron chi connectivity index (χ2n) is 4.99. The highest BCUT2D eigenvalue weighted by molar-refractivity contribution is 9.10. The van der Waals surface area contributed by atoms with Gasteiger partial charge >= 0.3 is 0 Å². The number of aromatic nitrogens is 3. The van der Waals surface area contributed by atoms with Gasteiger partial charge in [-0.05, 0) is 39.7 Å². The van der Waals surface area contributed by atoms with Gasteiger partial charge in [0.15, 0.2) is 5.65 Å². The van der Waals surface area contributed by atoms with Crippen LogP contribution in [0.4, 0.5) is 11.6 Å². The van der Waals surface area contributed by atoms with E-state index in [1.54, 1.807) is 4.52 Å². The Labute approximate surface area is 130 Å². The molecule has 2 aromatic heterocycles. The fraction of sp³-hybridized carbons (Fsp3) is 0.200. The monoisotopic (exact) mass is 343 g/mol. The number of hydrogen-bond acceptors (Lipinski definition) is 4. The van der Waals surface area contributed by atoms with E-state index >= 15 is 0 Å². The number of rotatable bonds is 1. The van der Waals surface area contributed by atoms with E-state index in [1.165, 1.54) is 11.3 Å². The first-order valence-corrected chi connectivity index (χ1v) is 7.69. The predicted octanol–water partition coefficient (Wildman–Crippen LogP) is 2.73. The van der Waals surface area contributed by atoms with Gasteiger partial charge in [0.25, 0.3) is 0 Å². The topological polar surface area (TPSA) is 45.5 Å². The molecule has 0 unspecified atom stereocenters. The van der Waals surface area contributed by atoms with Crippen LogP contribution in [0.1, 0.15) is 5.56 Å². The quantitative estimate of drug-likeness (QED) is 0.737. The highest BCUT2D eigenvalue weighted by Crippen LogP contribution is 2.28. The van der Waals surface area contributed by atoms with E-state index in [1.807, 2.05) is 18.3 Å². The average Bonchev–Trinajstić information content (AvgIpc) is 2.82. The molecule has 0 spiro atoms. The number of benzene rings is 1. The molecular formula is C15H14BrN5. The van der Waals surface area contributed by atoms with E-state index in [0.717, 1.165) is 35.7 Å². The maximum atomic E-state index is 4.68. The van der Waals surface area contributed by atoms with Gasteiger partial charge in [-0.3, -0.25) is 0 Å². The van der Waals surface area contributed by atoms with Crippen molar-refractivity contribution < 1.29 is 0 Å². The lowest BCUT2D eigenvalue weighted by atomic mass is 10.1. The third-order valence-electron chi connectivity index (χ3n) is 3.65. The summed E-state index contributed by atoms with van der Waals surface area (Å²) in [5.74, 6) is 0.734. The van der Waals surface area contributed by atoms with Crippen molar-refractivity contribution in [3.05, 3.63) is 52.6 Å². The first-order chi connectivity index (χ1) is 10.3. The Kier molecular flexibility index (Phi) is 3.12. The molecule has 0 saturated heterocycles. The van der Waals surface area contributed by atoms with Crippen LogP contribution >= 0.6 is 15.9 Å². The van der Waals surface area contributed by atoms with Crippen LogP contribution in [0.3, 0.4) is 0 Å². The molecule has 1 N–H and O–H groups in total. The van der Waals surface area contributed by atoms with E-state index in [4.69, 9.17) is 0 Å². The van der Waals surface area contributed by atoms with Crippen LogP contribution in [0.5, 0.6) is 0 Å². The van der Waals surface area contributed by atoms with Gasteiger partial charge in [0.1, 0.15) is 0 Å². The molecule has 21 heavy (non-hydrogen) atoms. The third-order valence-corrected chi connectivity index (χ3v) is 4.27. The summed E-state index contributed by atoms with van der Waals surface area (Å²) in [5, 5.41) is 8.05. The molecule has 0 radical (unpaired) electrons. The van der Waals surface area contributed by atoms with Gasteiger partial charge in [0.05, 0.1) is 4.47 Å². The summed E-state index contributed by atoms with van der Waals surface area (Å²) in [7, 11) is 0. The molecule has 6 heteroatoms. The van der Waals surface area contributed by atoms with Crippen LogP contribution in [-0.4, -0.2) is 27.7 Å². The lowest BCUT2D eigenvalue weighted by molar-refractivity contribution is 0.708. The van der Waals surface area contributed by atoms with Crippen molar-refractivity contribution >= 4 is 33.2 Å². The molecule has 0 saturated carbocycles. The summed E-state index contributed by atoms with van der Waals surface area (Å²) in [5.41, 5.74) is 3.28. The highest BCUT2D eigenvalue weighted by Gasteiger charge is 2.20. The number of nitrogens with one attached hydrogen (secondary N) is 1. The van der Waals surface area contributed by atoms with E-state index in [0.29, 0.717) is 0 Å². The number of halogens is 1. The molecule has 0 fully saturated rings. The Morgan fingerprint density at radius 3 is 2.95 bits per heavy atom. The molecule has 3 heterocycles. The molecule has 1 aliphatic rings. The van der Waals surface area contributed by atoms with Gasteiger partial charge in [-0.15, -0.1) is 5.10 Å². The Morgan fingerprint density at radius 2 is 2.05 bits per heavy atom. The van der Waals surface area contributed by atoms with Gasteiger partial charge in [0, 0.05) is 31.5 Å². The van der Waals surface area contributed by atoms with Gasteiger partial charge in [-0.1, -0.05) is 18.2 Å². The van der Waals surface area contributed by atoms with E-state index < -0.39 is 0 Å². The van der Waals surface area contributed by atoms with Crippen molar-refractivity contribution in [1.82, 2.24) is 19.9 Å². The van der Waals surface area contributed by atoms with Crippen LogP contribution in [-0.2, 0) is 6.54 Å². The summed E-state index contributed by atoms with van der Waals surface area (Å²) in [6.45, 7) is 2.64. The largest absolute Gasteiger partial charge is 0.311 e. The summed E-state index contributed by atoms with van der Waals surface area (Å²) in [6.07, 6.45) is 1.92. The summed E-state index contributed by atoms with van der Waals surface area (Å²) >= 11 is 3.53. The molecule has 0 atom stereocenters.